The van der Waals surface area contributed by atoms with Gasteiger partial charge in [-0.25, -0.2) is 0 Å². The van der Waals surface area contributed by atoms with Crippen molar-refractivity contribution in [3.63, 3.8) is 0 Å². The summed E-state index contributed by atoms with van der Waals surface area (Å²) in [6.45, 7) is 1.43. The Labute approximate surface area is 179 Å². The van der Waals surface area contributed by atoms with Crippen molar-refractivity contribution < 1.29 is 14.3 Å². The van der Waals surface area contributed by atoms with Crippen molar-refractivity contribution in [3.8, 4) is 5.75 Å². The Morgan fingerprint density at radius 1 is 1.13 bits per heavy atom. The van der Waals surface area contributed by atoms with E-state index in [0.717, 1.165) is 15.6 Å². The highest BCUT2D eigenvalue weighted by atomic mass is 32.2. The lowest BCUT2D eigenvalue weighted by Gasteiger charge is -2.18. The maximum Gasteiger partial charge on any atom is 0.226 e. The number of rotatable bonds is 8. The summed E-state index contributed by atoms with van der Waals surface area (Å²) >= 11 is 1.49. The number of nitrogens with one attached hydrogen (secondary N) is 2. The predicted molar refractivity (Wildman–Crippen MR) is 114 cm³/mol. The van der Waals surface area contributed by atoms with Crippen LogP contribution in [0.5, 0.6) is 5.75 Å². The molecule has 30 heavy (non-hydrogen) atoms. The molecule has 0 bridgehead atoms. The topological polar surface area (TPSA) is 98.1 Å². The Hall–Kier alpha value is -3.33. The third-order valence-electron chi connectivity index (χ3n) is 4.30. The maximum absolute atomic E-state index is 12.6. The monoisotopic (exact) mass is 425 g/mol. The van der Waals surface area contributed by atoms with Crippen LogP contribution >= 0.6 is 11.8 Å². The zero-order chi connectivity index (χ0) is 21.5. The van der Waals surface area contributed by atoms with E-state index < -0.39 is 6.04 Å². The van der Waals surface area contributed by atoms with Gasteiger partial charge in [-0.15, -0.1) is 10.2 Å². The molecule has 3 aromatic rings. The van der Waals surface area contributed by atoms with Gasteiger partial charge in [0.15, 0.2) is 5.16 Å². The molecule has 0 spiro atoms. The largest absolute Gasteiger partial charge is 0.497 e. The van der Waals surface area contributed by atoms with Gasteiger partial charge in [-0.2, -0.15) is 0 Å². The Kier molecular flexibility index (Phi) is 7.08. The summed E-state index contributed by atoms with van der Waals surface area (Å²) in [5, 5.41) is 14.4. The molecule has 1 heterocycles. The first-order valence-corrected chi connectivity index (χ1v) is 10.1. The van der Waals surface area contributed by atoms with Crippen molar-refractivity contribution in [2.45, 2.75) is 29.4 Å². The van der Waals surface area contributed by atoms with Gasteiger partial charge < -0.3 is 19.9 Å². The van der Waals surface area contributed by atoms with Crippen LogP contribution in [0, 0.1) is 0 Å². The number of carbonyl (C=O) groups is 2. The predicted octanol–water partition coefficient (Wildman–Crippen LogP) is 3.18. The molecule has 8 nitrogen and oxygen atoms in total. The van der Waals surface area contributed by atoms with Gasteiger partial charge in [0.1, 0.15) is 12.1 Å². The average Bonchev–Trinajstić information content (AvgIpc) is 3.13. The number of hydrogen-bond acceptors (Lipinski definition) is 6. The number of methoxy groups -OCH3 is 1. The molecule has 9 heteroatoms. The lowest BCUT2D eigenvalue weighted by Crippen LogP contribution is -2.29. The lowest BCUT2D eigenvalue weighted by atomic mass is 10.0. The van der Waals surface area contributed by atoms with Crippen molar-refractivity contribution in [2.75, 3.05) is 12.4 Å². The second-order valence-corrected chi connectivity index (χ2v) is 7.67. The van der Waals surface area contributed by atoms with Crippen LogP contribution in [0.2, 0.25) is 0 Å². The molecule has 0 fully saturated rings. The number of aryl methyl sites for hydroxylation is 1. The number of amides is 2. The van der Waals surface area contributed by atoms with Gasteiger partial charge in [-0.1, -0.05) is 12.1 Å². The van der Waals surface area contributed by atoms with Crippen LogP contribution in [-0.4, -0.2) is 33.7 Å². The summed E-state index contributed by atoms with van der Waals surface area (Å²) < 4.78 is 7.00. The number of hydrogen-bond donors (Lipinski definition) is 2. The summed E-state index contributed by atoms with van der Waals surface area (Å²) in [6, 6.07) is 14.3. The van der Waals surface area contributed by atoms with E-state index in [4.69, 9.17) is 4.74 Å². The van der Waals surface area contributed by atoms with Gasteiger partial charge in [-0.05, 0) is 53.7 Å². The fraction of sp³-hybridized carbons (Fsp3) is 0.238. The summed E-state index contributed by atoms with van der Waals surface area (Å²) in [4.78, 5) is 25.2. The number of anilines is 1. The van der Waals surface area contributed by atoms with Crippen molar-refractivity contribution >= 4 is 29.3 Å². The molecule has 0 aliphatic carbocycles. The van der Waals surface area contributed by atoms with E-state index in [1.807, 2.05) is 48.0 Å². The Morgan fingerprint density at radius 2 is 1.83 bits per heavy atom. The third kappa shape index (κ3) is 5.84. The number of nitrogens with zero attached hydrogens (tertiary/aromatic N) is 3. The van der Waals surface area contributed by atoms with Gasteiger partial charge in [0.2, 0.25) is 11.8 Å². The van der Waals surface area contributed by atoms with Gasteiger partial charge in [-0.3, -0.25) is 9.59 Å². The third-order valence-corrected chi connectivity index (χ3v) is 5.36. The molecule has 156 valence electrons. The molecule has 0 saturated heterocycles. The van der Waals surface area contributed by atoms with E-state index in [-0.39, 0.29) is 18.2 Å². The van der Waals surface area contributed by atoms with Crippen LogP contribution in [0.4, 0.5) is 5.69 Å². The maximum atomic E-state index is 12.6. The van der Waals surface area contributed by atoms with Crippen LogP contribution in [0.3, 0.4) is 0 Å². The van der Waals surface area contributed by atoms with E-state index in [1.54, 1.807) is 25.6 Å². The van der Waals surface area contributed by atoms with E-state index in [0.29, 0.717) is 11.4 Å². The molecule has 1 atom stereocenters. The average molecular weight is 426 g/mol. The minimum atomic E-state index is -0.431. The zero-order valence-electron chi connectivity index (χ0n) is 17.0. The Bertz CT molecular complexity index is 1000. The van der Waals surface area contributed by atoms with Crippen LogP contribution in [0.25, 0.3) is 0 Å². The first-order valence-electron chi connectivity index (χ1n) is 9.27. The normalized spacial score (nSPS) is 11.6. The van der Waals surface area contributed by atoms with Crippen molar-refractivity contribution in [1.82, 2.24) is 20.1 Å². The quantitative estimate of drug-likeness (QED) is 0.575. The van der Waals surface area contributed by atoms with Gasteiger partial charge in [0.25, 0.3) is 0 Å². The van der Waals surface area contributed by atoms with Crippen LogP contribution < -0.4 is 15.4 Å². The van der Waals surface area contributed by atoms with Crippen LogP contribution in [-0.2, 0) is 16.6 Å². The highest BCUT2D eigenvalue weighted by Gasteiger charge is 2.17. The second kappa shape index (κ2) is 9.93. The minimum Gasteiger partial charge on any atom is -0.497 e. The second-order valence-electron chi connectivity index (χ2n) is 6.63. The molecule has 0 radical (unpaired) electrons. The number of carbonyl (C=O) groups excluding carboxylic acids is 2. The van der Waals surface area contributed by atoms with Crippen LogP contribution in [0.15, 0.2) is 64.9 Å². The molecule has 2 amide bonds. The number of benzene rings is 2. The van der Waals surface area contributed by atoms with Gasteiger partial charge in [0, 0.05) is 24.6 Å². The molecule has 0 saturated carbocycles. The molecule has 3 rings (SSSR count). The van der Waals surface area contributed by atoms with E-state index >= 15 is 0 Å². The Morgan fingerprint density at radius 3 is 2.40 bits per heavy atom. The highest BCUT2D eigenvalue weighted by Crippen LogP contribution is 2.27. The molecule has 1 aromatic heterocycles. The molecule has 2 N–H and O–H groups in total. The molecule has 0 aliphatic rings. The summed E-state index contributed by atoms with van der Waals surface area (Å²) in [5.74, 6) is 0.316. The summed E-state index contributed by atoms with van der Waals surface area (Å²) in [6.07, 6.45) is 1.76. The van der Waals surface area contributed by atoms with E-state index in [9.17, 15) is 9.59 Å². The highest BCUT2D eigenvalue weighted by molar-refractivity contribution is 7.99. The van der Waals surface area contributed by atoms with Gasteiger partial charge in [0.05, 0.1) is 19.6 Å². The van der Waals surface area contributed by atoms with E-state index in [2.05, 4.69) is 20.8 Å². The fourth-order valence-corrected chi connectivity index (χ4v) is 3.57. The minimum absolute atomic E-state index is 0.112. The smallest absolute Gasteiger partial charge is 0.226 e. The van der Waals surface area contributed by atoms with Gasteiger partial charge >= 0.3 is 0 Å². The molecule has 1 unspecified atom stereocenters. The first kappa shape index (κ1) is 21.4. The van der Waals surface area contributed by atoms with Crippen molar-refractivity contribution in [1.29, 1.82) is 0 Å². The molecular formula is C21H23N5O3S. The Balaban J connectivity index is 1.62. The molecule has 2 aromatic carbocycles. The molecule has 0 aliphatic heterocycles. The molecular weight excluding hydrogens is 402 g/mol. The van der Waals surface area contributed by atoms with Crippen LogP contribution in [0.1, 0.15) is 24.9 Å². The standard InChI is InChI=1S/C21H23N5O3S/c1-14(27)23-19(15-4-8-17(29-3)9-5-15)12-20(28)24-16-6-10-18(11-7-16)30-21-25-22-13-26(21)2/h4-11,13,19H,12H2,1-3H3,(H,23,27)(H,24,28). The summed E-state index contributed by atoms with van der Waals surface area (Å²) in [5.41, 5.74) is 1.51. The fourth-order valence-electron chi connectivity index (χ4n) is 2.81. The number of aromatic nitrogens is 3. The van der Waals surface area contributed by atoms with E-state index in [1.165, 1.54) is 18.7 Å². The van der Waals surface area contributed by atoms with Crippen molar-refractivity contribution in [2.24, 2.45) is 7.05 Å². The zero-order valence-corrected chi connectivity index (χ0v) is 17.8. The first-order chi connectivity index (χ1) is 14.4. The summed E-state index contributed by atoms with van der Waals surface area (Å²) in [7, 11) is 3.47. The lowest BCUT2D eigenvalue weighted by molar-refractivity contribution is -0.120. The van der Waals surface area contributed by atoms with Crippen molar-refractivity contribution in [3.05, 3.63) is 60.4 Å². The number of ether oxygens (including phenoxy) is 1. The SMILES string of the molecule is COc1ccc(C(CC(=O)Nc2ccc(Sc3nncn3C)cc2)NC(C)=O)cc1.